The monoisotopic (exact) mass is 381 g/mol. The summed E-state index contributed by atoms with van der Waals surface area (Å²) in [4.78, 5) is 14.0. The Bertz CT molecular complexity index is 783. The Balaban J connectivity index is 1.65. The summed E-state index contributed by atoms with van der Waals surface area (Å²) >= 11 is 13.9. The van der Waals surface area contributed by atoms with E-state index in [0.29, 0.717) is 15.0 Å². The Hall–Kier alpha value is -1.21. The van der Waals surface area contributed by atoms with Crippen molar-refractivity contribution in [1.82, 2.24) is 4.90 Å². The first-order valence-electron chi connectivity index (χ1n) is 6.71. The van der Waals surface area contributed by atoms with Gasteiger partial charge in [-0.05, 0) is 29.8 Å². The SMILES string of the molecule is CN1C(=O)C(=Cc2ccc(SCc3ccc(Cl)cc3)o2)SC1=S. The molecule has 0 saturated carbocycles. The minimum atomic E-state index is -0.0910. The van der Waals surface area contributed by atoms with E-state index < -0.39 is 0 Å². The zero-order valence-electron chi connectivity index (χ0n) is 12.1. The Morgan fingerprint density at radius 2 is 2.04 bits per heavy atom. The van der Waals surface area contributed by atoms with Gasteiger partial charge in [-0.15, -0.1) is 0 Å². The number of nitrogens with zero attached hydrogens (tertiary/aromatic N) is 1. The van der Waals surface area contributed by atoms with Gasteiger partial charge in [-0.25, -0.2) is 0 Å². The lowest BCUT2D eigenvalue weighted by Gasteiger charge is -2.03. The summed E-state index contributed by atoms with van der Waals surface area (Å²) in [6.07, 6.45) is 1.73. The van der Waals surface area contributed by atoms with Gasteiger partial charge in [0.2, 0.25) is 0 Å². The van der Waals surface area contributed by atoms with Gasteiger partial charge in [0.1, 0.15) is 10.1 Å². The summed E-state index contributed by atoms with van der Waals surface area (Å²) in [6.45, 7) is 0. The predicted octanol–water partition coefficient (Wildman–Crippen LogP) is 5.06. The molecule has 2 aromatic rings. The fourth-order valence-corrected chi connectivity index (χ4v) is 4.01. The second-order valence-corrected chi connectivity index (χ2v) is 7.90. The molecule has 118 valence electrons. The normalized spacial score (nSPS) is 16.6. The van der Waals surface area contributed by atoms with E-state index in [0.717, 1.165) is 15.9 Å². The maximum atomic E-state index is 12.0. The van der Waals surface area contributed by atoms with Gasteiger partial charge in [-0.1, -0.05) is 59.5 Å². The van der Waals surface area contributed by atoms with Crippen molar-refractivity contribution in [3.8, 4) is 0 Å². The standard InChI is InChI=1S/C16H12ClNO2S3/c1-18-15(19)13(23-16(18)21)8-12-6-7-14(20-12)22-9-10-2-4-11(17)5-3-10/h2-8H,9H2,1H3. The number of likely N-dealkylation sites (N-methyl/N-ethyl adjacent to an activating group) is 1. The third kappa shape index (κ3) is 4.01. The number of rotatable bonds is 4. The van der Waals surface area contributed by atoms with Crippen LogP contribution < -0.4 is 0 Å². The maximum Gasteiger partial charge on any atom is 0.266 e. The van der Waals surface area contributed by atoms with Gasteiger partial charge >= 0.3 is 0 Å². The van der Waals surface area contributed by atoms with E-state index in [-0.39, 0.29) is 5.91 Å². The lowest BCUT2D eigenvalue weighted by atomic mass is 10.2. The molecule has 3 rings (SSSR count). The molecule has 0 N–H and O–H groups in total. The molecule has 23 heavy (non-hydrogen) atoms. The molecule has 3 nitrogen and oxygen atoms in total. The van der Waals surface area contributed by atoms with Gasteiger partial charge in [0.15, 0.2) is 5.09 Å². The highest BCUT2D eigenvalue weighted by Gasteiger charge is 2.28. The van der Waals surface area contributed by atoms with Gasteiger partial charge < -0.3 is 4.42 Å². The molecule has 1 saturated heterocycles. The molecule has 0 radical (unpaired) electrons. The highest BCUT2D eigenvalue weighted by atomic mass is 35.5. The van der Waals surface area contributed by atoms with Crippen molar-refractivity contribution in [3.05, 3.63) is 57.6 Å². The number of amides is 1. The van der Waals surface area contributed by atoms with Crippen LogP contribution in [-0.2, 0) is 10.5 Å². The minimum absolute atomic E-state index is 0.0910. The van der Waals surface area contributed by atoms with Crippen molar-refractivity contribution in [2.45, 2.75) is 10.8 Å². The number of carbonyl (C=O) groups is 1. The molecule has 0 unspecified atom stereocenters. The summed E-state index contributed by atoms with van der Waals surface area (Å²) in [5.41, 5.74) is 1.17. The molecule has 2 heterocycles. The molecule has 1 aliphatic rings. The summed E-state index contributed by atoms with van der Waals surface area (Å²) in [6, 6.07) is 11.5. The largest absolute Gasteiger partial charge is 0.450 e. The van der Waals surface area contributed by atoms with Crippen LogP contribution in [0.25, 0.3) is 6.08 Å². The van der Waals surface area contributed by atoms with E-state index in [9.17, 15) is 4.79 Å². The van der Waals surface area contributed by atoms with E-state index in [4.69, 9.17) is 28.2 Å². The second kappa shape index (κ2) is 7.13. The first-order valence-corrected chi connectivity index (χ1v) is 9.30. The molecule has 0 bridgehead atoms. The average molecular weight is 382 g/mol. The highest BCUT2D eigenvalue weighted by molar-refractivity contribution is 8.26. The Labute approximate surface area is 153 Å². The molecular formula is C16H12ClNO2S3. The van der Waals surface area contributed by atoms with E-state index >= 15 is 0 Å². The molecular weight excluding hydrogens is 370 g/mol. The van der Waals surface area contributed by atoms with Gasteiger partial charge in [0.25, 0.3) is 5.91 Å². The fraction of sp³-hybridized carbons (Fsp3) is 0.125. The van der Waals surface area contributed by atoms with E-state index in [2.05, 4.69) is 0 Å². The zero-order valence-corrected chi connectivity index (χ0v) is 15.3. The molecule has 1 aliphatic heterocycles. The van der Waals surface area contributed by atoms with Crippen molar-refractivity contribution in [3.63, 3.8) is 0 Å². The number of thioether (sulfide) groups is 2. The van der Waals surface area contributed by atoms with Crippen LogP contribution in [0.3, 0.4) is 0 Å². The van der Waals surface area contributed by atoms with Gasteiger partial charge in [0, 0.05) is 23.9 Å². The lowest BCUT2D eigenvalue weighted by Crippen LogP contribution is -2.22. The predicted molar refractivity (Wildman–Crippen MR) is 101 cm³/mol. The van der Waals surface area contributed by atoms with Crippen LogP contribution in [-0.4, -0.2) is 22.2 Å². The first-order chi connectivity index (χ1) is 11.0. The van der Waals surface area contributed by atoms with Gasteiger partial charge in [-0.2, -0.15) is 0 Å². The first kappa shape index (κ1) is 16.6. The number of hydrogen-bond acceptors (Lipinski definition) is 5. The average Bonchev–Trinajstić information content (AvgIpc) is 3.08. The van der Waals surface area contributed by atoms with Crippen molar-refractivity contribution in [2.75, 3.05) is 7.05 Å². The summed E-state index contributed by atoms with van der Waals surface area (Å²) in [5.74, 6) is 1.35. The zero-order chi connectivity index (χ0) is 16.4. The van der Waals surface area contributed by atoms with Crippen LogP contribution in [0.5, 0.6) is 0 Å². The third-order valence-corrected chi connectivity index (χ3v) is 5.87. The number of furan rings is 1. The maximum absolute atomic E-state index is 12.0. The Kier molecular flexibility index (Phi) is 5.16. The van der Waals surface area contributed by atoms with E-state index in [1.807, 2.05) is 36.4 Å². The van der Waals surface area contributed by atoms with Crippen LogP contribution in [0.2, 0.25) is 5.02 Å². The molecule has 0 aliphatic carbocycles. The highest BCUT2D eigenvalue weighted by Crippen LogP contribution is 2.33. The molecule has 1 aromatic carbocycles. The minimum Gasteiger partial charge on any atom is -0.450 e. The Morgan fingerprint density at radius 3 is 2.70 bits per heavy atom. The van der Waals surface area contributed by atoms with Crippen LogP contribution >= 0.6 is 47.3 Å². The molecule has 7 heteroatoms. The number of hydrogen-bond donors (Lipinski definition) is 0. The van der Waals surface area contributed by atoms with Crippen LogP contribution in [0.1, 0.15) is 11.3 Å². The van der Waals surface area contributed by atoms with Gasteiger partial charge in [0.05, 0.1) is 4.91 Å². The Morgan fingerprint density at radius 1 is 1.30 bits per heavy atom. The van der Waals surface area contributed by atoms with Gasteiger partial charge in [-0.3, -0.25) is 9.69 Å². The summed E-state index contributed by atoms with van der Waals surface area (Å²) in [5, 5.41) is 1.53. The topological polar surface area (TPSA) is 33.5 Å². The van der Waals surface area contributed by atoms with Crippen molar-refractivity contribution < 1.29 is 9.21 Å². The van der Waals surface area contributed by atoms with Crippen molar-refractivity contribution >= 4 is 63.6 Å². The molecule has 1 amide bonds. The van der Waals surface area contributed by atoms with Crippen molar-refractivity contribution in [2.24, 2.45) is 0 Å². The van der Waals surface area contributed by atoms with Crippen LogP contribution in [0.4, 0.5) is 0 Å². The van der Waals surface area contributed by atoms with E-state index in [1.165, 1.54) is 22.2 Å². The number of halogens is 1. The summed E-state index contributed by atoms with van der Waals surface area (Å²) in [7, 11) is 1.67. The van der Waals surface area contributed by atoms with E-state index in [1.54, 1.807) is 24.9 Å². The third-order valence-electron chi connectivity index (χ3n) is 3.16. The molecule has 0 spiro atoms. The number of thiocarbonyl (C=S) groups is 1. The molecule has 1 fully saturated rings. The second-order valence-electron chi connectivity index (χ2n) is 4.81. The van der Waals surface area contributed by atoms with Crippen LogP contribution in [0.15, 0.2) is 50.8 Å². The molecule has 0 atom stereocenters. The number of carbonyl (C=O) groups excluding carboxylic acids is 1. The van der Waals surface area contributed by atoms with Crippen molar-refractivity contribution in [1.29, 1.82) is 0 Å². The van der Waals surface area contributed by atoms with Crippen LogP contribution in [0, 0.1) is 0 Å². The molecule has 1 aromatic heterocycles. The lowest BCUT2D eigenvalue weighted by molar-refractivity contribution is -0.121. The summed E-state index contributed by atoms with van der Waals surface area (Å²) < 4.78 is 6.30. The fourth-order valence-electron chi connectivity index (χ4n) is 1.90. The smallest absolute Gasteiger partial charge is 0.266 e. The quantitative estimate of drug-likeness (QED) is 0.420. The number of benzene rings is 1.